The van der Waals surface area contributed by atoms with Crippen molar-refractivity contribution in [3.05, 3.63) is 41.1 Å². The summed E-state index contributed by atoms with van der Waals surface area (Å²) < 4.78 is 5.13. The molecule has 1 saturated heterocycles. The van der Waals surface area contributed by atoms with E-state index in [0.717, 1.165) is 73.2 Å². The largest absolute Gasteiger partial charge is 0.392 e. The van der Waals surface area contributed by atoms with Crippen LogP contribution in [0.5, 0.6) is 0 Å². The number of aromatic nitrogens is 2. The lowest BCUT2D eigenvalue weighted by Crippen LogP contribution is -2.31. The van der Waals surface area contributed by atoms with Crippen LogP contribution >= 0.6 is 0 Å². The van der Waals surface area contributed by atoms with Crippen molar-refractivity contribution in [1.29, 1.82) is 0 Å². The molecule has 2 aromatic rings. The zero-order valence-electron chi connectivity index (χ0n) is 23.0. The maximum atomic E-state index is 9.43. The van der Waals surface area contributed by atoms with Crippen LogP contribution in [0.3, 0.4) is 0 Å². The monoisotopic (exact) mass is 484 g/mol. The number of benzene rings is 1. The molecule has 0 radical (unpaired) electrons. The van der Waals surface area contributed by atoms with Gasteiger partial charge in [-0.05, 0) is 50.7 Å². The second kappa shape index (κ2) is 18.9. The Hall–Kier alpha value is -2.31. The second-order valence-corrected chi connectivity index (χ2v) is 8.78. The molecule has 1 aliphatic rings. The fourth-order valence-corrected chi connectivity index (χ4v) is 3.51. The summed E-state index contributed by atoms with van der Waals surface area (Å²) in [6, 6.07) is 7.87. The third-order valence-corrected chi connectivity index (χ3v) is 5.60. The maximum absolute atomic E-state index is 9.43. The molecule has 6 heteroatoms. The molecule has 0 saturated carbocycles. The molecule has 1 N–H and O–H groups in total. The van der Waals surface area contributed by atoms with Gasteiger partial charge in [0.2, 0.25) is 5.95 Å². The molecular weight excluding hydrogens is 436 g/mol. The molecule has 0 amide bonds. The molecule has 0 aliphatic carbocycles. The Balaban J connectivity index is 0.000000468. The summed E-state index contributed by atoms with van der Waals surface area (Å²) in [5.41, 5.74) is 4.61. The summed E-state index contributed by atoms with van der Waals surface area (Å²) in [5, 5.41) is 9.43. The van der Waals surface area contributed by atoms with Gasteiger partial charge >= 0.3 is 0 Å². The summed E-state index contributed by atoms with van der Waals surface area (Å²) in [5.74, 6) is 0.796. The number of aliphatic imine (C=N–C) groups is 1. The van der Waals surface area contributed by atoms with Gasteiger partial charge in [0.05, 0.1) is 18.0 Å². The normalized spacial score (nSPS) is 13.2. The maximum Gasteiger partial charge on any atom is 0.226 e. The van der Waals surface area contributed by atoms with Crippen molar-refractivity contribution in [1.82, 2.24) is 9.97 Å². The minimum Gasteiger partial charge on any atom is -0.392 e. The number of aliphatic hydroxyl groups is 1. The molecule has 1 aliphatic heterocycles. The van der Waals surface area contributed by atoms with Gasteiger partial charge in [-0.2, -0.15) is 0 Å². The quantitative estimate of drug-likeness (QED) is 0.320. The van der Waals surface area contributed by atoms with Crippen LogP contribution in [0.2, 0.25) is 0 Å². The Morgan fingerprint density at radius 2 is 1.63 bits per heavy atom. The van der Waals surface area contributed by atoms with Crippen molar-refractivity contribution in [2.24, 2.45) is 4.99 Å². The van der Waals surface area contributed by atoms with E-state index in [1.165, 1.54) is 32.1 Å². The van der Waals surface area contributed by atoms with Crippen LogP contribution in [0.25, 0.3) is 11.3 Å². The number of hydrogen-bond donors (Lipinski definition) is 1. The van der Waals surface area contributed by atoms with Gasteiger partial charge in [0.25, 0.3) is 0 Å². The second-order valence-electron chi connectivity index (χ2n) is 8.78. The van der Waals surface area contributed by atoms with Gasteiger partial charge < -0.3 is 14.7 Å². The van der Waals surface area contributed by atoms with Crippen molar-refractivity contribution in [2.45, 2.75) is 86.2 Å². The fraction of sp³-hybridized carbons (Fsp3) is 0.621. The van der Waals surface area contributed by atoms with Gasteiger partial charge in [-0.1, -0.05) is 58.7 Å². The number of ether oxygens (including phenoxy) is 1. The lowest BCUT2D eigenvalue weighted by molar-refractivity contribution is 0.135. The van der Waals surface area contributed by atoms with Gasteiger partial charge in [0, 0.05) is 50.7 Å². The van der Waals surface area contributed by atoms with Crippen molar-refractivity contribution >= 4 is 12.2 Å². The van der Waals surface area contributed by atoms with E-state index in [2.05, 4.69) is 37.6 Å². The smallest absolute Gasteiger partial charge is 0.226 e. The summed E-state index contributed by atoms with van der Waals surface area (Å²) in [4.78, 5) is 16.0. The first-order valence-electron chi connectivity index (χ1n) is 13.4. The van der Waals surface area contributed by atoms with Crippen LogP contribution in [0.15, 0.2) is 29.3 Å². The predicted octanol–water partition coefficient (Wildman–Crippen LogP) is 6.61. The summed E-state index contributed by atoms with van der Waals surface area (Å²) in [6.45, 7) is 14.5. The highest BCUT2D eigenvalue weighted by molar-refractivity contribution is 5.90. The highest BCUT2D eigenvalue weighted by Gasteiger charge is 2.18. The van der Waals surface area contributed by atoms with Crippen LogP contribution < -0.4 is 4.90 Å². The topological polar surface area (TPSA) is 70.8 Å². The zero-order valence-corrected chi connectivity index (χ0v) is 23.0. The van der Waals surface area contributed by atoms with Crippen molar-refractivity contribution in [3.8, 4) is 11.3 Å². The molecule has 1 aromatic carbocycles. The Morgan fingerprint density at radius 3 is 2.17 bits per heavy atom. The van der Waals surface area contributed by atoms with E-state index in [1.807, 2.05) is 37.4 Å². The van der Waals surface area contributed by atoms with Gasteiger partial charge in [0.1, 0.15) is 0 Å². The third-order valence-electron chi connectivity index (χ3n) is 5.60. The van der Waals surface area contributed by atoms with Gasteiger partial charge in [0.15, 0.2) is 0 Å². The fourth-order valence-electron chi connectivity index (χ4n) is 3.51. The SMILES string of the molecule is CCCC.CCCOCCC.CN=Cc1c(C)nc(N2CCCCC2)nc1-c1cccc(CO)c1. The van der Waals surface area contributed by atoms with Gasteiger partial charge in [-0.25, -0.2) is 9.97 Å². The number of aliphatic hydroxyl groups excluding tert-OH is 1. The lowest BCUT2D eigenvalue weighted by atomic mass is 10.0. The molecule has 0 unspecified atom stereocenters. The van der Waals surface area contributed by atoms with E-state index >= 15 is 0 Å². The number of nitrogens with zero attached hydrogens (tertiary/aromatic N) is 4. The molecule has 196 valence electrons. The molecule has 1 aromatic heterocycles. The standard InChI is InChI=1S/C19H24N4O.C6H14O.C4H10/c1-14-17(12-20-2)18(16-8-6-7-15(11-16)13-24)22-19(21-14)23-9-4-3-5-10-23;1-3-5-7-6-4-2;1-3-4-2/h6-8,11-12,24H,3-5,9-10,13H2,1-2H3;3-6H2,1-2H3;3-4H2,1-2H3. The number of hydrogen-bond acceptors (Lipinski definition) is 6. The van der Waals surface area contributed by atoms with Crippen LogP contribution in [0.1, 0.15) is 89.5 Å². The molecule has 6 nitrogen and oxygen atoms in total. The first kappa shape index (κ1) is 30.7. The molecule has 0 bridgehead atoms. The number of rotatable bonds is 9. The number of unbranched alkanes of at least 4 members (excludes halogenated alkanes) is 1. The molecule has 0 atom stereocenters. The summed E-state index contributed by atoms with van der Waals surface area (Å²) >= 11 is 0. The van der Waals surface area contributed by atoms with Crippen molar-refractivity contribution in [2.75, 3.05) is 38.3 Å². The highest BCUT2D eigenvalue weighted by atomic mass is 16.5. The molecule has 35 heavy (non-hydrogen) atoms. The minimum absolute atomic E-state index is 0.0219. The zero-order chi connectivity index (χ0) is 25.9. The number of anilines is 1. The van der Waals surface area contributed by atoms with Crippen LogP contribution in [-0.2, 0) is 11.3 Å². The molecule has 3 rings (SSSR count). The molecule has 2 heterocycles. The number of piperidine rings is 1. The Morgan fingerprint density at radius 1 is 0.971 bits per heavy atom. The Kier molecular flexibility index (Phi) is 16.6. The highest BCUT2D eigenvalue weighted by Crippen LogP contribution is 2.27. The third kappa shape index (κ3) is 11.3. The van der Waals surface area contributed by atoms with Crippen molar-refractivity contribution in [3.63, 3.8) is 0 Å². The van der Waals surface area contributed by atoms with E-state index in [1.54, 1.807) is 7.05 Å². The predicted molar refractivity (Wildman–Crippen MR) is 150 cm³/mol. The van der Waals surface area contributed by atoms with Gasteiger partial charge in [-0.3, -0.25) is 4.99 Å². The lowest BCUT2D eigenvalue weighted by Gasteiger charge is -2.27. The molecule has 0 spiro atoms. The van der Waals surface area contributed by atoms with E-state index in [-0.39, 0.29) is 6.61 Å². The van der Waals surface area contributed by atoms with Crippen LogP contribution in [-0.4, -0.2) is 54.6 Å². The van der Waals surface area contributed by atoms with Crippen molar-refractivity contribution < 1.29 is 9.84 Å². The first-order valence-corrected chi connectivity index (χ1v) is 13.4. The average Bonchev–Trinajstić information content (AvgIpc) is 2.91. The van der Waals surface area contributed by atoms with Gasteiger partial charge in [-0.15, -0.1) is 0 Å². The van der Waals surface area contributed by atoms with E-state index in [4.69, 9.17) is 14.7 Å². The summed E-state index contributed by atoms with van der Waals surface area (Å²) in [6.07, 6.45) is 10.4. The molecule has 1 fully saturated rings. The number of aryl methyl sites for hydroxylation is 1. The van der Waals surface area contributed by atoms with Crippen LogP contribution in [0, 0.1) is 6.92 Å². The van der Waals surface area contributed by atoms with E-state index in [0.29, 0.717) is 0 Å². The average molecular weight is 485 g/mol. The van der Waals surface area contributed by atoms with E-state index in [9.17, 15) is 5.11 Å². The minimum atomic E-state index is 0.0219. The Bertz CT molecular complexity index is 843. The first-order chi connectivity index (χ1) is 17.1. The summed E-state index contributed by atoms with van der Waals surface area (Å²) in [7, 11) is 1.76. The van der Waals surface area contributed by atoms with E-state index < -0.39 is 0 Å². The molecular formula is C29H48N4O2. The Labute approximate surface area is 213 Å². The van der Waals surface area contributed by atoms with Crippen LogP contribution in [0.4, 0.5) is 5.95 Å².